The highest BCUT2D eigenvalue weighted by molar-refractivity contribution is 6.07. The average molecular weight is 279 g/mol. The Morgan fingerprint density at radius 1 is 1.33 bits per heavy atom. The van der Waals surface area contributed by atoms with Gasteiger partial charge in [-0.25, -0.2) is 9.97 Å². The maximum absolute atomic E-state index is 7.80. The van der Waals surface area contributed by atoms with Gasteiger partial charge in [-0.15, -0.1) is 0 Å². The number of nitrogens with two attached hydrogens (primary N) is 1. The smallest absolute Gasteiger partial charge is 0.139 e. The van der Waals surface area contributed by atoms with E-state index in [1.807, 2.05) is 41.1 Å². The van der Waals surface area contributed by atoms with Gasteiger partial charge in [-0.05, 0) is 18.6 Å². The van der Waals surface area contributed by atoms with Gasteiger partial charge in [-0.2, -0.15) is 0 Å². The lowest BCUT2D eigenvalue weighted by Gasteiger charge is -2.11. The van der Waals surface area contributed by atoms with Crippen LogP contribution in [0.3, 0.4) is 0 Å². The second-order valence-electron chi connectivity index (χ2n) is 4.92. The van der Waals surface area contributed by atoms with Gasteiger partial charge in [0.15, 0.2) is 0 Å². The quantitative estimate of drug-likeness (QED) is 0.569. The molecule has 3 aromatic rings. The number of nitrogens with one attached hydrogen (secondary N) is 1. The van der Waals surface area contributed by atoms with Crippen LogP contribution in [0.4, 0.5) is 0 Å². The molecule has 3 rings (SSSR count). The van der Waals surface area contributed by atoms with E-state index in [4.69, 9.17) is 11.1 Å². The fourth-order valence-corrected chi connectivity index (χ4v) is 2.46. The van der Waals surface area contributed by atoms with Crippen molar-refractivity contribution in [2.75, 3.05) is 0 Å². The predicted octanol–water partition coefficient (Wildman–Crippen LogP) is 2.66. The minimum atomic E-state index is 0.0482. The van der Waals surface area contributed by atoms with Crippen LogP contribution >= 0.6 is 0 Å². The van der Waals surface area contributed by atoms with Gasteiger partial charge in [0, 0.05) is 29.8 Å². The summed E-state index contributed by atoms with van der Waals surface area (Å²) in [6, 6.07) is 9.58. The van der Waals surface area contributed by atoms with Crippen molar-refractivity contribution in [1.82, 2.24) is 14.5 Å². The molecule has 0 aliphatic carbocycles. The maximum atomic E-state index is 7.80. The van der Waals surface area contributed by atoms with Crippen molar-refractivity contribution in [2.24, 2.45) is 5.73 Å². The molecule has 0 atom stereocenters. The Morgan fingerprint density at radius 3 is 2.90 bits per heavy atom. The summed E-state index contributed by atoms with van der Waals surface area (Å²) in [5, 5.41) is 8.69. The molecule has 0 spiro atoms. The molecule has 2 aromatic heterocycles. The SMILES string of the molecule is CCCc1nccn1-c1cc(C(=N)N)c2ccccc2n1. The van der Waals surface area contributed by atoms with E-state index in [0.29, 0.717) is 5.56 Å². The van der Waals surface area contributed by atoms with Crippen LogP contribution in [0, 0.1) is 5.41 Å². The molecular formula is C16H17N5. The van der Waals surface area contributed by atoms with Crippen LogP contribution in [0.5, 0.6) is 0 Å². The van der Waals surface area contributed by atoms with Gasteiger partial charge in [0.1, 0.15) is 17.5 Å². The van der Waals surface area contributed by atoms with Crippen LogP contribution in [0.1, 0.15) is 24.7 Å². The van der Waals surface area contributed by atoms with Crippen molar-refractivity contribution in [3.05, 3.63) is 54.1 Å². The molecule has 5 nitrogen and oxygen atoms in total. The van der Waals surface area contributed by atoms with E-state index in [0.717, 1.165) is 35.4 Å². The first-order valence-corrected chi connectivity index (χ1v) is 6.97. The summed E-state index contributed by atoms with van der Waals surface area (Å²) < 4.78 is 1.96. The van der Waals surface area contributed by atoms with Gasteiger partial charge >= 0.3 is 0 Å². The van der Waals surface area contributed by atoms with Crippen LogP contribution in [0.2, 0.25) is 0 Å². The van der Waals surface area contributed by atoms with Crippen molar-refractivity contribution in [2.45, 2.75) is 19.8 Å². The second-order valence-corrected chi connectivity index (χ2v) is 4.92. The first-order valence-electron chi connectivity index (χ1n) is 6.97. The summed E-state index contributed by atoms with van der Waals surface area (Å²) in [6.07, 6.45) is 5.57. The molecule has 0 fully saturated rings. The Labute approximate surface area is 123 Å². The summed E-state index contributed by atoms with van der Waals surface area (Å²) in [4.78, 5) is 9.05. The molecule has 0 bridgehead atoms. The fourth-order valence-electron chi connectivity index (χ4n) is 2.46. The van der Waals surface area contributed by atoms with Gasteiger partial charge in [0.2, 0.25) is 0 Å². The van der Waals surface area contributed by atoms with E-state index in [2.05, 4.69) is 16.9 Å². The second kappa shape index (κ2) is 5.36. The first kappa shape index (κ1) is 13.3. The van der Waals surface area contributed by atoms with E-state index in [1.54, 1.807) is 6.20 Å². The lowest BCUT2D eigenvalue weighted by molar-refractivity contribution is 0.800. The Bertz CT molecular complexity index is 803. The highest BCUT2D eigenvalue weighted by atomic mass is 15.1. The number of amidine groups is 1. The van der Waals surface area contributed by atoms with E-state index in [9.17, 15) is 0 Å². The molecule has 0 radical (unpaired) electrons. The molecular weight excluding hydrogens is 262 g/mol. The summed E-state index contributed by atoms with van der Waals surface area (Å²) in [5.41, 5.74) is 7.26. The maximum Gasteiger partial charge on any atom is 0.139 e. The number of hydrogen-bond acceptors (Lipinski definition) is 3. The van der Waals surface area contributed by atoms with E-state index in [1.165, 1.54) is 0 Å². The Kier molecular flexibility index (Phi) is 3.39. The number of pyridine rings is 1. The predicted molar refractivity (Wildman–Crippen MR) is 83.9 cm³/mol. The summed E-state index contributed by atoms with van der Waals surface area (Å²) in [5.74, 6) is 1.77. The highest BCUT2D eigenvalue weighted by Crippen LogP contribution is 2.21. The molecule has 2 heterocycles. The van der Waals surface area contributed by atoms with E-state index in [-0.39, 0.29) is 5.84 Å². The first-order chi connectivity index (χ1) is 10.2. The molecule has 3 N–H and O–H groups in total. The molecule has 0 unspecified atom stereocenters. The average Bonchev–Trinajstić information content (AvgIpc) is 2.94. The number of hydrogen-bond donors (Lipinski definition) is 2. The highest BCUT2D eigenvalue weighted by Gasteiger charge is 2.11. The molecule has 5 heteroatoms. The molecule has 21 heavy (non-hydrogen) atoms. The lowest BCUT2D eigenvalue weighted by atomic mass is 10.1. The van der Waals surface area contributed by atoms with Gasteiger partial charge in [0.05, 0.1) is 5.52 Å². The molecule has 1 aromatic carbocycles. The van der Waals surface area contributed by atoms with Crippen molar-refractivity contribution < 1.29 is 0 Å². The number of nitrogens with zero attached hydrogens (tertiary/aromatic N) is 3. The molecule has 0 saturated heterocycles. The molecule has 0 amide bonds. The number of rotatable bonds is 4. The number of aryl methyl sites for hydroxylation is 1. The largest absolute Gasteiger partial charge is 0.384 e. The third-order valence-electron chi connectivity index (χ3n) is 3.43. The number of fused-ring (bicyclic) bond motifs is 1. The fraction of sp³-hybridized carbons (Fsp3) is 0.188. The van der Waals surface area contributed by atoms with Crippen LogP contribution in [-0.2, 0) is 6.42 Å². The van der Waals surface area contributed by atoms with Gasteiger partial charge in [-0.1, -0.05) is 25.1 Å². The minimum Gasteiger partial charge on any atom is -0.384 e. The van der Waals surface area contributed by atoms with Crippen molar-refractivity contribution in [3.8, 4) is 5.82 Å². The molecule has 0 aliphatic rings. The summed E-state index contributed by atoms with van der Waals surface area (Å²) in [7, 11) is 0. The standard InChI is InChI=1S/C16H17N5/c1-2-5-14-19-8-9-21(14)15-10-12(16(17)18)11-6-3-4-7-13(11)20-15/h3-4,6-10H,2,5H2,1H3,(H3,17,18). The van der Waals surface area contributed by atoms with Gasteiger partial charge in [-0.3, -0.25) is 9.98 Å². The van der Waals surface area contributed by atoms with Gasteiger partial charge < -0.3 is 5.73 Å². The van der Waals surface area contributed by atoms with Crippen molar-refractivity contribution >= 4 is 16.7 Å². The van der Waals surface area contributed by atoms with E-state index < -0.39 is 0 Å². The van der Waals surface area contributed by atoms with Crippen LogP contribution in [-0.4, -0.2) is 20.4 Å². The van der Waals surface area contributed by atoms with Crippen LogP contribution in [0.25, 0.3) is 16.7 Å². The monoisotopic (exact) mass is 279 g/mol. The molecule has 106 valence electrons. The topological polar surface area (TPSA) is 80.6 Å². The zero-order valence-corrected chi connectivity index (χ0v) is 11.9. The third-order valence-corrected chi connectivity index (χ3v) is 3.43. The summed E-state index contributed by atoms with van der Waals surface area (Å²) >= 11 is 0. The molecule has 0 aliphatic heterocycles. The third kappa shape index (κ3) is 2.38. The Morgan fingerprint density at radius 2 is 2.14 bits per heavy atom. The van der Waals surface area contributed by atoms with E-state index >= 15 is 0 Å². The number of benzene rings is 1. The zero-order valence-electron chi connectivity index (χ0n) is 11.9. The Hall–Kier alpha value is -2.69. The zero-order chi connectivity index (χ0) is 14.8. The summed E-state index contributed by atoms with van der Waals surface area (Å²) in [6.45, 7) is 2.12. The van der Waals surface area contributed by atoms with Gasteiger partial charge in [0.25, 0.3) is 0 Å². The van der Waals surface area contributed by atoms with Crippen LogP contribution < -0.4 is 5.73 Å². The lowest BCUT2D eigenvalue weighted by Crippen LogP contribution is -2.13. The Balaban J connectivity index is 2.24. The minimum absolute atomic E-state index is 0.0482. The van der Waals surface area contributed by atoms with Crippen molar-refractivity contribution in [3.63, 3.8) is 0 Å². The number of imidazole rings is 1. The van der Waals surface area contributed by atoms with Crippen molar-refractivity contribution in [1.29, 1.82) is 5.41 Å². The normalized spacial score (nSPS) is 10.9. The number of aromatic nitrogens is 3. The number of para-hydroxylation sites is 1. The van der Waals surface area contributed by atoms with Crippen LogP contribution in [0.15, 0.2) is 42.7 Å². The molecule has 0 saturated carbocycles. The number of nitrogen functional groups attached to an aromatic ring is 1.